The average Bonchev–Trinajstić information content (AvgIpc) is 2.62. The largest absolute Gasteiger partial charge is 0.449 e. The standard InChI is InChI=1S/C12H16F3N3/c13-12(14,15)11-17-9-6-16-5-4-10(9)18(11)7-8-2-1-3-8/h8,16H,1-7H2. The SMILES string of the molecule is FC(F)(F)c1nc2c(n1CC1CCC1)CCNC2. The maximum atomic E-state index is 13.0. The summed E-state index contributed by atoms with van der Waals surface area (Å²) in [6.07, 6.45) is -0.471. The predicted molar refractivity (Wildman–Crippen MR) is 60.0 cm³/mol. The van der Waals surface area contributed by atoms with Gasteiger partial charge in [-0.25, -0.2) is 4.98 Å². The van der Waals surface area contributed by atoms with E-state index < -0.39 is 12.0 Å². The van der Waals surface area contributed by atoms with E-state index in [1.807, 2.05) is 0 Å². The number of imidazole rings is 1. The van der Waals surface area contributed by atoms with Gasteiger partial charge in [0.05, 0.1) is 5.69 Å². The molecular formula is C12H16F3N3. The van der Waals surface area contributed by atoms with E-state index in [1.54, 1.807) is 0 Å². The Balaban J connectivity index is 1.98. The Labute approximate surface area is 103 Å². The van der Waals surface area contributed by atoms with Gasteiger partial charge >= 0.3 is 6.18 Å². The van der Waals surface area contributed by atoms with Crippen LogP contribution in [0, 0.1) is 5.92 Å². The zero-order valence-electron chi connectivity index (χ0n) is 10.1. The lowest BCUT2D eigenvalue weighted by molar-refractivity contribution is -0.147. The Kier molecular flexibility index (Phi) is 2.84. The van der Waals surface area contributed by atoms with E-state index in [-0.39, 0.29) is 0 Å². The van der Waals surface area contributed by atoms with Gasteiger partial charge in [-0.1, -0.05) is 6.42 Å². The molecule has 1 aliphatic carbocycles. The van der Waals surface area contributed by atoms with E-state index in [1.165, 1.54) is 4.57 Å². The molecule has 18 heavy (non-hydrogen) atoms. The van der Waals surface area contributed by atoms with Crippen LogP contribution in [-0.2, 0) is 25.7 Å². The highest BCUT2D eigenvalue weighted by Crippen LogP contribution is 2.35. The fourth-order valence-electron chi connectivity index (χ4n) is 2.72. The van der Waals surface area contributed by atoms with Gasteiger partial charge in [-0.3, -0.25) is 0 Å². The van der Waals surface area contributed by atoms with Crippen LogP contribution in [0.1, 0.15) is 36.5 Å². The first-order valence-corrected chi connectivity index (χ1v) is 6.42. The molecule has 0 unspecified atom stereocenters. The molecule has 0 amide bonds. The third kappa shape index (κ3) is 2.02. The molecule has 1 fully saturated rings. The highest BCUT2D eigenvalue weighted by molar-refractivity contribution is 5.21. The summed E-state index contributed by atoms with van der Waals surface area (Å²) < 4.78 is 40.4. The van der Waals surface area contributed by atoms with Crippen LogP contribution in [0.5, 0.6) is 0 Å². The van der Waals surface area contributed by atoms with Crippen LogP contribution in [0.4, 0.5) is 13.2 Å². The number of hydrogen-bond donors (Lipinski definition) is 1. The van der Waals surface area contributed by atoms with Gasteiger partial charge in [-0.05, 0) is 18.8 Å². The fraction of sp³-hybridized carbons (Fsp3) is 0.750. The lowest BCUT2D eigenvalue weighted by Crippen LogP contribution is -2.27. The second-order valence-electron chi connectivity index (χ2n) is 5.16. The zero-order valence-corrected chi connectivity index (χ0v) is 10.1. The molecule has 6 heteroatoms. The number of alkyl halides is 3. The molecule has 0 spiro atoms. The predicted octanol–water partition coefficient (Wildman–Crippen LogP) is 2.35. The monoisotopic (exact) mass is 259 g/mol. The molecule has 0 saturated heterocycles. The summed E-state index contributed by atoms with van der Waals surface area (Å²) in [5.41, 5.74) is 1.36. The van der Waals surface area contributed by atoms with Crippen molar-refractivity contribution < 1.29 is 13.2 Å². The normalized spacial score (nSPS) is 20.6. The van der Waals surface area contributed by atoms with Gasteiger partial charge in [0.2, 0.25) is 5.82 Å². The number of halogens is 3. The van der Waals surface area contributed by atoms with Crippen molar-refractivity contribution in [3.8, 4) is 0 Å². The Hall–Kier alpha value is -1.04. The van der Waals surface area contributed by atoms with Gasteiger partial charge in [0.1, 0.15) is 0 Å². The molecule has 3 rings (SSSR count). The number of fused-ring (bicyclic) bond motifs is 1. The van der Waals surface area contributed by atoms with Crippen LogP contribution in [0.2, 0.25) is 0 Å². The summed E-state index contributed by atoms with van der Waals surface area (Å²) in [4.78, 5) is 3.81. The first-order chi connectivity index (χ1) is 8.55. The molecule has 100 valence electrons. The number of hydrogen-bond acceptors (Lipinski definition) is 2. The average molecular weight is 259 g/mol. The molecule has 1 aromatic rings. The van der Waals surface area contributed by atoms with Gasteiger partial charge in [0.25, 0.3) is 0 Å². The van der Waals surface area contributed by atoms with Crippen molar-refractivity contribution >= 4 is 0 Å². The summed E-state index contributed by atoms with van der Waals surface area (Å²) in [6, 6.07) is 0. The Morgan fingerprint density at radius 2 is 2.11 bits per heavy atom. The van der Waals surface area contributed by atoms with Crippen LogP contribution >= 0.6 is 0 Å². The smallest absolute Gasteiger partial charge is 0.324 e. The maximum Gasteiger partial charge on any atom is 0.449 e. The second-order valence-corrected chi connectivity index (χ2v) is 5.16. The van der Waals surface area contributed by atoms with Gasteiger partial charge in [-0.2, -0.15) is 13.2 Å². The summed E-state index contributed by atoms with van der Waals surface area (Å²) in [5, 5.41) is 3.07. The number of nitrogens with zero attached hydrogens (tertiary/aromatic N) is 2. The molecule has 1 aromatic heterocycles. The van der Waals surface area contributed by atoms with Crippen molar-refractivity contribution in [2.24, 2.45) is 5.92 Å². The highest BCUT2D eigenvalue weighted by atomic mass is 19.4. The topological polar surface area (TPSA) is 29.9 Å². The lowest BCUT2D eigenvalue weighted by atomic mass is 9.85. The lowest BCUT2D eigenvalue weighted by Gasteiger charge is -2.28. The van der Waals surface area contributed by atoms with Crippen molar-refractivity contribution in [1.29, 1.82) is 0 Å². The van der Waals surface area contributed by atoms with Gasteiger partial charge in [0, 0.05) is 31.7 Å². The molecule has 1 aliphatic heterocycles. The molecule has 1 N–H and O–H groups in total. The number of rotatable bonds is 2. The molecule has 0 radical (unpaired) electrons. The van der Waals surface area contributed by atoms with Crippen molar-refractivity contribution in [2.75, 3.05) is 6.54 Å². The zero-order chi connectivity index (χ0) is 12.8. The minimum Gasteiger partial charge on any atom is -0.324 e. The van der Waals surface area contributed by atoms with E-state index >= 15 is 0 Å². The third-order valence-electron chi connectivity index (χ3n) is 3.91. The minimum absolute atomic E-state index is 0.402. The van der Waals surface area contributed by atoms with Crippen LogP contribution < -0.4 is 5.32 Å². The van der Waals surface area contributed by atoms with E-state index in [9.17, 15) is 13.2 Å². The maximum absolute atomic E-state index is 13.0. The Morgan fingerprint density at radius 1 is 1.33 bits per heavy atom. The quantitative estimate of drug-likeness (QED) is 0.883. The van der Waals surface area contributed by atoms with E-state index in [4.69, 9.17) is 0 Å². The molecule has 1 saturated carbocycles. The summed E-state index contributed by atoms with van der Waals surface area (Å²) >= 11 is 0. The van der Waals surface area contributed by atoms with Crippen molar-refractivity contribution in [2.45, 2.75) is 44.9 Å². The van der Waals surface area contributed by atoms with E-state index in [0.29, 0.717) is 31.1 Å². The van der Waals surface area contributed by atoms with Crippen LogP contribution in [0.15, 0.2) is 0 Å². The van der Waals surface area contributed by atoms with Crippen molar-refractivity contribution in [1.82, 2.24) is 14.9 Å². The summed E-state index contributed by atoms with van der Waals surface area (Å²) in [7, 11) is 0. The van der Waals surface area contributed by atoms with Crippen molar-refractivity contribution in [3.05, 3.63) is 17.2 Å². The minimum atomic E-state index is -4.35. The third-order valence-corrected chi connectivity index (χ3v) is 3.91. The number of nitrogens with one attached hydrogen (secondary N) is 1. The summed E-state index contributed by atoms with van der Waals surface area (Å²) in [6.45, 7) is 1.67. The Morgan fingerprint density at radius 3 is 2.72 bits per heavy atom. The fourth-order valence-corrected chi connectivity index (χ4v) is 2.72. The first kappa shape index (κ1) is 12.0. The molecule has 0 aromatic carbocycles. The van der Waals surface area contributed by atoms with Crippen LogP contribution in [0.25, 0.3) is 0 Å². The first-order valence-electron chi connectivity index (χ1n) is 6.42. The molecule has 0 bridgehead atoms. The van der Waals surface area contributed by atoms with Crippen LogP contribution in [-0.4, -0.2) is 16.1 Å². The van der Waals surface area contributed by atoms with Gasteiger partial charge in [0.15, 0.2) is 0 Å². The molecule has 2 heterocycles. The summed E-state index contributed by atoms with van der Waals surface area (Å²) in [5.74, 6) is -0.303. The van der Waals surface area contributed by atoms with Gasteiger partial charge < -0.3 is 9.88 Å². The van der Waals surface area contributed by atoms with Crippen LogP contribution in [0.3, 0.4) is 0 Å². The van der Waals surface area contributed by atoms with E-state index in [0.717, 1.165) is 31.5 Å². The Bertz CT molecular complexity index is 446. The molecule has 0 atom stereocenters. The number of aromatic nitrogens is 2. The molecule has 3 nitrogen and oxygen atoms in total. The highest BCUT2D eigenvalue weighted by Gasteiger charge is 2.39. The van der Waals surface area contributed by atoms with E-state index in [2.05, 4.69) is 10.3 Å². The second kappa shape index (κ2) is 4.26. The van der Waals surface area contributed by atoms with Crippen molar-refractivity contribution in [3.63, 3.8) is 0 Å². The molecule has 2 aliphatic rings. The molecular weight excluding hydrogens is 243 g/mol. The van der Waals surface area contributed by atoms with Gasteiger partial charge in [-0.15, -0.1) is 0 Å².